The highest BCUT2D eigenvalue weighted by Crippen LogP contribution is 2.37. The molecule has 0 saturated heterocycles. The van der Waals surface area contributed by atoms with E-state index < -0.39 is 17.5 Å². The fourth-order valence-corrected chi connectivity index (χ4v) is 4.53. The fourth-order valence-electron chi connectivity index (χ4n) is 4.53. The molecule has 2 aromatic carbocycles. The van der Waals surface area contributed by atoms with Gasteiger partial charge in [-0.15, -0.1) is 6.42 Å². The average Bonchev–Trinajstić information content (AvgIpc) is 2.88. The zero-order valence-corrected chi connectivity index (χ0v) is 19.1. The van der Waals surface area contributed by atoms with Gasteiger partial charge in [0.15, 0.2) is 5.82 Å². The number of rotatable bonds is 4. The number of nitriles is 1. The van der Waals surface area contributed by atoms with E-state index in [1.165, 1.54) is 25.4 Å². The lowest BCUT2D eigenvalue weighted by atomic mass is 9.96. The number of aromatic nitrogens is 3. The van der Waals surface area contributed by atoms with Crippen molar-refractivity contribution >= 4 is 27.5 Å². The van der Waals surface area contributed by atoms with Crippen LogP contribution in [0.2, 0.25) is 0 Å². The van der Waals surface area contributed by atoms with Crippen molar-refractivity contribution < 1.29 is 17.9 Å². The number of terminal acetylenes is 1. The van der Waals surface area contributed by atoms with Crippen molar-refractivity contribution in [3.05, 3.63) is 65.6 Å². The molecule has 1 aliphatic heterocycles. The van der Waals surface area contributed by atoms with Crippen molar-refractivity contribution in [1.82, 2.24) is 15.0 Å². The van der Waals surface area contributed by atoms with Crippen LogP contribution < -0.4 is 9.64 Å². The fraction of sp³-hybridized carbons (Fsp3) is 0.185. The van der Waals surface area contributed by atoms with Crippen LogP contribution in [0.4, 0.5) is 19.0 Å². The van der Waals surface area contributed by atoms with Crippen LogP contribution in [0.5, 0.6) is 6.01 Å². The number of hydrogen-bond acceptors (Lipinski definition) is 6. The van der Waals surface area contributed by atoms with Gasteiger partial charge in [-0.2, -0.15) is 15.2 Å². The molecule has 0 radical (unpaired) electrons. The molecule has 178 valence electrons. The summed E-state index contributed by atoms with van der Waals surface area (Å²) in [6.07, 6.45) is 8.51. The summed E-state index contributed by atoms with van der Waals surface area (Å²) >= 11 is 0. The maximum Gasteiger partial charge on any atom is 0.318 e. The summed E-state index contributed by atoms with van der Waals surface area (Å²) in [5.74, 6) is 0.425. The molecule has 4 aromatic rings. The number of pyridine rings is 1. The van der Waals surface area contributed by atoms with Gasteiger partial charge in [0.05, 0.1) is 30.7 Å². The van der Waals surface area contributed by atoms with Crippen molar-refractivity contribution in [2.75, 3.05) is 25.1 Å². The molecule has 5 rings (SSSR count). The second-order valence-corrected chi connectivity index (χ2v) is 8.30. The van der Waals surface area contributed by atoms with Gasteiger partial charge >= 0.3 is 6.01 Å². The van der Waals surface area contributed by atoms with E-state index in [-0.39, 0.29) is 52.9 Å². The molecule has 0 aliphatic carbocycles. The van der Waals surface area contributed by atoms with Crippen LogP contribution in [0, 0.1) is 41.2 Å². The molecule has 1 aliphatic rings. The average molecular weight is 485 g/mol. The lowest BCUT2D eigenvalue weighted by Crippen LogP contribution is -2.35. The summed E-state index contributed by atoms with van der Waals surface area (Å²) < 4.78 is 50.1. The van der Waals surface area contributed by atoms with E-state index in [2.05, 4.69) is 20.9 Å². The number of fused-ring (bicyclic) bond motifs is 2. The molecule has 0 spiro atoms. The third-order valence-electron chi connectivity index (χ3n) is 6.09. The van der Waals surface area contributed by atoms with Crippen LogP contribution >= 0.6 is 0 Å². The largest absolute Gasteiger partial charge is 0.467 e. The Morgan fingerprint density at radius 2 is 2.03 bits per heavy atom. The van der Waals surface area contributed by atoms with Crippen molar-refractivity contribution in [1.29, 1.82) is 5.26 Å². The molecule has 6 nitrogen and oxygen atoms in total. The molecule has 36 heavy (non-hydrogen) atoms. The van der Waals surface area contributed by atoms with Gasteiger partial charge in [0.2, 0.25) is 0 Å². The first kappa shape index (κ1) is 23.1. The van der Waals surface area contributed by atoms with Crippen LogP contribution in [-0.4, -0.2) is 35.2 Å². The minimum Gasteiger partial charge on any atom is -0.467 e. The van der Waals surface area contributed by atoms with Gasteiger partial charge in [0.1, 0.15) is 28.7 Å². The molecule has 2 aromatic heterocycles. The minimum absolute atomic E-state index is 0.00414. The normalized spacial score (nSPS) is 15.4. The quantitative estimate of drug-likeness (QED) is 0.365. The van der Waals surface area contributed by atoms with Gasteiger partial charge in [-0.05, 0) is 17.5 Å². The summed E-state index contributed by atoms with van der Waals surface area (Å²) in [7, 11) is 1.34. The summed E-state index contributed by atoms with van der Waals surface area (Å²) in [5.41, 5.74) is 0.141. The molecule has 0 amide bonds. The molecule has 9 heteroatoms. The van der Waals surface area contributed by atoms with Crippen molar-refractivity contribution in [3.8, 4) is 35.7 Å². The van der Waals surface area contributed by atoms with Crippen LogP contribution in [0.25, 0.3) is 32.9 Å². The maximum atomic E-state index is 16.1. The first-order valence-electron chi connectivity index (χ1n) is 11.0. The molecule has 0 N–H and O–H groups in total. The summed E-state index contributed by atoms with van der Waals surface area (Å²) in [4.78, 5) is 14.5. The van der Waals surface area contributed by atoms with E-state index in [0.717, 1.165) is 0 Å². The summed E-state index contributed by atoms with van der Waals surface area (Å²) in [6.45, 7) is 0.197. The Hall–Kier alpha value is -4.63. The Balaban J connectivity index is 1.73. The number of ether oxygens (including phenoxy) is 1. The van der Waals surface area contributed by atoms with Crippen molar-refractivity contribution in [2.24, 2.45) is 5.92 Å². The molecule has 1 atom stereocenters. The molecular weight excluding hydrogens is 467 g/mol. The number of halogens is 3. The lowest BCUT2D eigenvalue weighted by Gasteiger charge is -2.30. The number of benzene rings is 2. The first-order valence-corrected chi connectivity index (χ1v) is 11.0. The third kappa shape index (κ3) is 3.85. The van der Waals surface area contributed by atoms with Gasteiger partial charge in [0, 0.05) is 36.0 Å². The Kier molecular flexibility index (Phi) is 5.91. The van der Waals surface area contributed by atoms with Crippen molar-refractivity contribution in [3.63, 3.8) is 0 Å². The van der Waals surface area contributed by atoms with Gasteiger partial charge < -0.3 is 9.64 Å². The highest BCUT2D eigenvalue weighted by Gasteiger charge is 2.26. The zero-order chi connectivity index (χ0) is 25.4. The van der Waals surface area contributed by atoms with E-state index in [0.29, 0.717) is 22.9 Å². The van der Waals surface area contributed by atoms with E-state index >= 15 is 4.39 Å². The van der Waals surface area contributed by atoms with Crippen LogP contribution in [0.3, 0.4) is 0 Å². The van der Waals surface area contributed by atoms with Crippen molar-refractivity contribution in [2.45, 2.75) is 6.42 Å². The molecule has 0 saturated carbocycles. The number of nitrogens with zero attached hydrogens (tertiary/aromatic N) is 5. The Morgan fingerprint density at radius 1 is 1.19 bits per heavy atom. The van der Waals surface area contributed by atoms with Crippen LogP contribution in [-0.2, 0) is 0 Å². The predicted molar refractivity (Wildman–Crippen MR) is 130 cm³/mol. The SMILES string of the molecule is C#Cc1c(F)ccc2cccc(-c3ncc4c(N5CC(F)=CC(CC#N)C5)nc(OC)nc4c3F)c12. The highest BCUT2D eigenvalue weighted by atomic mass is 19.1. The molecule has 0 fully saturated rings. The standard InChI is InChI=1S/C27H18F3N5O/c1-3-18-21(29)8-7-16-5-4-6-19(22(16)18)24-23(30)25-20(12-32-24)26(34-27(33-25)36-2)35-13-15(9-10-31)11-17(28)14-35/h1,4-8,11-12,15H,9,13-14H2,2H3. The minimum atomic E-state index is -0.782. The monoisotopic (exact) mass is 485 g/mol. The number of methoxy groups -OCH3 is 1. The Bertz CT molecular complexity index is 1640. The van der Waals surface area contributed by atoms with E-state index in [9.17, 15) is 8.78 Å². The van der Waals surface area contributed by atoms with E-state index in [1.54, 1.807) is 29.2 Å². The Morgan fingerprint density at radius 3 is 2.78 bits per heavy atom. The van der Waals surface area contributed by atoms with E-state index in [1.807, 2.05) is 6.07 Å². The Labute approximate surface area is 204 Å². The third-order valence-corrected chi connectivity index (χ3v) is 6.09. The second kappa shape index (κ2) is 9.20. The molecular formula is C27H18F3N5O. The molecule has 1 unspecified atom stereocenters. The molecule has 0 bridgehead atoms. The van der Waals surface area contributed by atoms with Crippen LogP contribution in [0.1, 0.15) is 12.0 Å². The van der Waals surface area contributed by atoms with Gasteiger partial charge in [-0.25, -0.2) is 13.2 Å². The lowest BCUT2D eigenvalue weighted by molar-refractivity contribution is 0.380. The van der Waals surface area contributed by atoms with Gasteiger partial charge in [0.25, 0.3) is 0 Å². The predicted octanol–water partition coefficient (Wildman–Crippen LogP) is 5.32. The van der Waals surface area contributed by atoms with Gasteiger partial charge in [-0.3, -0.25) is 4.98 Å². The second-order valence-electron chi connectivity index (χ2n) is 8.30. The maximum absolute atomic E-state index is 16.1. The first-order chi connectivity index (χ1) is 17.4. The van der Waals surface area contributed by atoms with Crippen LogP contribution in [0.15, 0.2) is 48.4 Å². The van der Waals surface area contributed by atoms with Gasteiger partial charge in [-0.1, -0.05) is 30.2 Å². The van der Waals surface area contributed by atoms with E-state index in [4.69, 9.17) is 16.4 Å². The number of hydrogen-bond donors (Lipinski definition) is 0. The zero-order valence-electron chi connectivity index (χ0n) is 19.1. The number of anilines is 1. The summed E-state index contributed by atoms with van der Waals surface area (Å²) in [6, 6.07) is 9.81. The topological polar surface area (TPSA) is 74.9 Å². The summed E-state index contributed by atoms with van der Waals surface area (Å²) in [5, 5.41) is 10.3. The highest BCUT2D eigenvalue weighted by molar-refractivity contribution is 6.02. The smallest absolute Gasteiger partial charge is 0.318 e. The molecule has 3 heterocycles.